The largest absolute Gasteiger partial charge is 0.479 e. The third kappa shape index (κ3) is 3.49. The van der Waals surface area contributed by atoms with Gasteiger partial charge in [-0.1, -0.05) is 13.0 Å². The lowest BCUT2D eigenvalue weighted by Crippen LogP contribution is -2.42. The van der Waals surface area contributed by atoms with Crippen molar-refractivity contribution in [2.75, 3.05) is 25.0 Å². The van der Waals surface area contributed by atoms with E-state index in [0.717, 1.165) is 25.9 Å². The number of carbonyl (C=O) groups excluding carboxylic acids is 1. The van der Waals surface area contributed by atoms with Crippen molar-refractivity contribution in [3.05, 3.63) is 24.3 Å². The maximum Gasteiger partial charge on any atom is 0.230 e. The number of benzene rings is 1. The Morgan fingerprint density at radius 1 is 1.50 bits per heavy atom. The predicted molar refractivity (Wildman–Crippen MR) is 76.4 cm³/mol. The average molecular weight is 273 g/mol. The first kappa shape index (κ1) is 14.4. The van der Waals surface area contributed by atoms with Crippen LogP contribution in [0.25, 0.3) is 0 Å². The zero-order valence-corrected chi connectivity index (χ0v) is 11.6. The fourth-order valence-electron chi connectivity index (χ4n) is 2.27. The van der Waals surface area contributed by atoms with Crippen LogP contribution in [0, 0.1) is 16.7 Å². The zero-order chi connectivity index (χ0) is 14.4. The van der Waals surface area contributed by atoms with Gasteiger partial charge < -0.3 is 15.4 Å². The van der Waals surface area contributed by atoms with E-state index in [0.29, 0.717) is 11.4 Å². The van der Waals surface area contributed by atoms with Gasteiger partial charge in [-0.05, 0) is 38.1 Å². The molecule has 1 saturated heterocycles. The first-order chi connectivity index (χ1) is 9.64. The van der Waals surface area contributed by atoms with E-state index in [1.807, 2.05) is 19.1 Å². The van der Waals surface area contributed by atoms with Gasteiger partial charge in [0.15, 0.2) is 6.61 Å². The quantitative estimate of drug-likeness (QED) is 0.879. The number of carbonyl (C=O) groups is 1. The number of rotatable bonds is 4. The molecule has 5 heteroatoms. The Hall–Kier alpha value is -2.06. The molecule has 0 aromatic heterocycles. The van der Waals surface area contributed by atoms with Crippen LogP contribution in [0.5, 0.6) is 5.75 Å². The number of nitriles is 1. The highest BCUT2D eigenvalue weighted by Crippen LogP contribution is 2.30. The maximum absolute atomic E-state index is 12.4. The molecule has 2 N–H and O–H groups in total. The molecule has 0 spiro atoms. The highest BCUT2D eigenvalue weighted by atomic mass is 16.5. The van der Waals surface area contributed by atoms with Gasteiger partial charge in [0.1, 0.15) is 11.8 Å². The Bertz CT molecular complexity index is 516. The molecule has 1 amide bonds. The molecule has 2 rings (SSSR count). The van der Waals surface area contributed by atoms with E-state index in [1.165, 1.54) is 0 Å². The maximum atomic E-state index is 12.4. The number of hydrogen-bond acceptors (Lipinski definition) is 4. The molecule has 106 valence electrons. The lowest BCUT2D eigenvalue weighted by atomic mass is 9.80. The van der Waals surface area contributed by atoms with Crippen molar-refractivity contribution in [3.8, 4) is 11.8 Å². The molecular weight excluding hydrogens is 254 g/mol. The van der Waals surface area contributed by atoms with Gasteiger partial charge in [0.25, 0.3) is 0 Å². The zero-order valence-electron chi connectivity index (χ0n) is 11.6. The number of hydrogen-bond donors (Lipinski definition) is 2. The topological polar surface area (TPSA) is 74.1 Å². The van der Waals surface area contributed by atoms with Crippen molar-refractivity contribution >= 4 is 11.6 Å². The molecule has 1 aromatic rings. The Morgan fingerprint density at radius 3 is 2.95 bits per heavy atom. The van der Waals surface area contributed by atoms with Crippen LogP contribution in [0.1, 0.15) is 19.8 Å². The third-order valence-electron chi connectivity index (χ3n) is 3.65. The van der Waals surface area contributed by atoms with Gasteiger partial charge in [0, 0.05) is 17.2 Å². The molecule has 0 aliphatic carbocycles. The van der Waals surface area contributed by atoms with Gasteiger partial charge in [-0.3, -0.25) is 4.79 Å². The number of anilines is 1. The van der Waals surface area contributed by atoms with Crippen LogP contribution < -0.4 is 15.4 Å². The number of amides is 1. The smallest absolute Gasteiger partial charge is 0.230 e. The summed E-state index contributed by atoms with van der Waals surface area (Å²) in [5.41, 5.74) is 0.375. The fourth-order valence-corrected chi connectivity index (χ4v) is 2.27. The Morgan fingerprint density at radius 2 is 2.25 bits per heavy atom. The first-order valence-corrected chi connectivity index (χ1v) is 6.76. The molecule has 1 aliphatic rings. The number of nitrogens with zero attached hydrogens (tertiary/aromatic N) is 1. The van der Waals surface area contributed by atoms with Crippen molar-refractivity contribution in [3.63, 3.8) is 0 Å². The van der Waals surface area contributed by atoms with E-state index >= 15 is 0 Å². The summed E-state index contributed by atoms with van der Waals surface area (Å²) < 4.78 is 5.23. The Kier molecular flexibility index (Phi) is 4.59. The summed E-state index contributed by atoms with van der Waals surface area (Å²) >= 11 is 0. The standard InChI is InChI=1S/C15H19N3O2/c1-15(5-8-17-9-6-15)14(19)18-12-3-2-4-13(11-12)20-10-7-16/h2-4,11,17H,5-6,8-10H2,1H3,(H,18,19). The third-order valence-corrected chi connectivity index (χ3v) is 3.65. The van der Waals surface area contributed by atoms with E-state index < -0.39 is 0 Å². The number of ether oxygens (including phenoxy) is 1. The summed E-state index contributed by atoms with van der Waals surface area (Å²) in [6.45, 7) is 3.74. The van der Waals surface area contributed by atoms with Crippen LogP contribution in [0.2, 0.25) is 0 Å². The van der Waals surface area contributed by atoms with E-state index in [4.69, 9.17) is 10.00 Å². The summed E-state index contributed by atoms with van der Waals surface area (Å²) in [5, 5.41) is 14.7. The lowest BCUT2D eigenvalue weighted by Gasteiger charge is -2.32. The Balaban J connectivity index is 2.02. The highest BCUT2D eigenvalue weighted by molar-refractivity contribution is 5.95. The van der Waals surface area contributed by atoms with Gasteiger partial charge in [-0.25, -0.2) is 0 Å². The van der Waals surface area contributed by atoms with Crippen molar-refractivity contribution in [1.29, 1.82) is 5.26 Å². The predicted octanol–water partition coefficient (Wildman–Crippen LogP) is 1.92. The molecule has 1 fully saturated rings. The van der Waals surface area contributed by atoms with Crippen LogP contribution >= 0.6 is 0 Å². The molecule has 0 radical (unpaired) electrons. The SMILES string of the molecule is CC1(C(=O)Nc2cccc(OCC#N)c2)CCNCC1. The summed E-state index contributed by atoms with van der Waals surface area (Å²) in [6.07, 6.45) is 1.67. The molecule has 0 bridgehead atoms. The summed E-state index contributed by atoms with van der Waals surface area (Å²) in [4.78, 5) is 12.4. The fraction of sp³-hybridized carbons (Fsp3) is 0.467. The summed E-state index contributed by atoms with van der Waals surface area (Å²) in [6, 6.07) is 9.04. The van der Waals surface area contributed by atoms with Crippen molar-refractivity contribution < 1.29 is 9.53 Å². The molecule has 0 saturated carbocycles. The van der Waals surface area contributed by atoms with E-state index in [2.05, 4.69) is 10.6 Å². The molecule has 1 heterocycles. The lowest BCUT2D eigenvalue weighted by molar-refractivity contribution is -0.126. The van der Waals surface area contributed by atoms with Gasteiger partial charge in [0.05, 0.1) is 0 Å². The first-order valence-electron chi connectivity index (χ1n) is 6.76. The monoisotopic (exact) mass is 273 g/mol. The summed E-state index contributed by atoms with van der Waals surface area (Å²) in [5.74, 6) is 0.622. The average Bonchev–Trinajstić information content (AvgIpc) is 2.46. The Labute approximate surface area is 118 Å². The van der Waals surface area contributed by atoms with Gasteiger partial charge >= 0.3 is 0 Å². The van der Waals surface area contributed by atoms with Crippen LogP contribution in [-0.2, 0) is 4.79 Å². The number of nitrogens with one attached hydrogen (secondary N) is 2. The molecule has 0 unspecified atom stereocenters. The van der Waals surface area contributed by atoms with Gasteiger partial charge in [-0.2, -0.15) is 5.26 Å². The minimum Gasteiger partial charge on any atom is -0.479 e. The normalized spacial score (nSPS) is 17.0. The summed E-state index contributed by atoms with van der Waals surface area (Å²) in [7, 11) is 0. The molecular formula is C15H19N3O2. The highest BCUT2D eigenvalue weighted by Gasteiger charge is 2.34. The molecule has 1 aliphatic heterocycles. The van der Waals surface area contributed by atoms with Crippen LogP contribution in [0.4, 0.5) is 5.69 Å². The van der Waals surface area contributed by atoms with Crippen LogP contribution in [0.3, 0.4) is 0 Å². The van der Waals surface area contributed by atoms with E-state index in [-0.39, 0.29) is 17.9 Å². The van der Waals surface area contributed by atoms with Crippen molar-refractivity contribution in [2.24, 2.45) is 5.41 Å². The minimum absolute atomic E-state index is 0.000778. The van der Waals surface area contributed by atoms with Crippen molar-refractivity contribution in [1.82, 2.24) is 5.32 Å². The second-order valence-corrected chi connectivity index (χ2v) is 5.24. The van der Waals surface area contributed by atoms with E-state index in [1.54, 1.807) is 18.2 Å². The molecule has 0 atom stereocenters. The molecule has 20 heavy (non-hydrogen) atoms. The second kappa shape index (κ2) is 6.40. The number of piperidine rings is 1. The van der Waals surface area contributed by atoms with Crippen molar-refractivity contribution in [2.45, 2.75) is 19.8 Å². The molecule has 5 nitrogen and oxygen atoms in total. The minimum atomic E-state index is -0.325. The van der Waals surface area contributed by atoms with Crippen LogP contribution in [0.15, 0.2) is 24.3 Å². The van der Waals surface area contributed by atoms with Gasteiger partial charge in [-0.15, -0.1) is 0 Å². The van der Waals surface area contributed by atoms with E-state index in [9.17, 15) is 4.79 Å². The second-order valence-electron chi connectivity index (χ2n) is 5.24. The van der Waals surface area contributed by atoms with Gasteiger partial charge in [0.2, 0.25) is 5.91 Å². The molecule has 1 aromatic carbocycles. The van der Waals surface area contributed by atoms with Crippen LogP contribution in [-0.4, -0.2) is 25.6 Å².